The average Bonchev–Trinajstić information content (AvgIpc) is 2.75. The Morgan fingerprint density at radius 1 is 1.65 bits per heavy atom. The molecule has 1 unspecified atom stereocenters. The normalized spacial score (nSPS) is 20.6. The molecule has 0 aliphatic carbocycles. The largest absolute Gasteiger partial charge is 0.469 e. The predicted molar refractivity (Wildman–Crippen MR) is 63.8 cm³/mol. The van der Waals surface area contributed by atoms with E-state index < -0.39 is 0 Å². The van der Waals surface area contributed by atoms with Gasteiger partial charge in [0.15, 0.2) is 0 Å². The number of hydrogen-bond donors (Lipinski definition) is 1. The highest BCUT2D eigenvalue weighted by Gasteiger charge is 2.25. The van der Waals surface area contributed by atoms with E-state index >= 15 is 0 Å². The highest BCUT2D eigenvalue weighted by atomic mass is 16.3. The van der Waals surface area contributed by atoms with Gasteiger partial charge in [-0.05, 0) is 38.2 Å². The van der Waals surface area contributed by atoms with Crippen molar-refractivity contribution >= 4 is 5.91 Å². The highest BCUT2D eigenvalue weighted by Crippen LogP contribution is 2.22. The fourth-order valence-corrected chi connectivity index (χ4v) is 2.44. The van der Waals surface area contributed by atoms with Crippen molar-refractivity contribution in [3.8, 4) is 0 Å². The van der Waals surface area contributed by atoms with Crippen LogP contribution in [0.2, 0.25) is 0 Å². The predicted octanol–water partition coefficient (Wildman–Crippen LogP) is 1.82. The van der Waals surface area contributed by atoms with Gasteiger partial charge in [-0.2, -0.15) is 0 Å². The quantitative estimate of drug-likeness (QED) is 0.872. The second-order valence-corrected chi connectivity index (χ2v) is 4.66. The van der Waals surface area contributed by atoms with Gasteiger partial charge in [0.25, 0.3) is 5.91 Å². The zero-order valence-electron chi connectivity index (χ0n) is 10.2. The summed E-state index contributed by atoms with van der Waals surface area (Å²) < 4.78 is 5.16. The van der Waals surface area contributed by atoms with Gasteiger partial charge < -0.3 is 14.4 Å². The Kier molecular flexibility index (Phi) is 3.84. The monoisotopic (exact) mass is 237 g/mol. The minimum atomic E-state index is 0.0545. The summed E-state index contributed by atoms with van der Waals surface area (Å²) in [5.41, 5.74) is 0.662. The molecule has 1 atom stereocenters. The van der Waals surface area contributed by atoms with Crippen molar-refractivity contribution < 1.29 is 14.3 Å². The molecule has 0 bridgehead atoms. The number of amides is 1. The molecule has 4 nitrogen and oxygen atoms in total. The van der Waals surface area contributed by atoms with Crippen LogP contribution in [0.4, 0.5) is 0 Å². The van der Waals surface area contributed by atoms with E-state index in [0.717, 1.165) is 32.4 Å². The number of furan rings is 1. The van der Waals surface area contributed by atoms with Crippen molar-refractivity contribution in [2.45, 2.75) is 26.2 Å². The minimum Gasteiger partial charge on any atom is -0.469 e. The van der Waals surface area contributed by atoms with Gasteiger partial charge in [0, 0.05) is 19.7 Å². The second-order valence-electron chi connectivity index (χ2n) is 4.66. The molecule has 1 amide bonds. The molecule has 0 aromatic carbocycles. The maximum Gasteiger partial charge on any atom is 0.257 e. The summed E-state index contributed by atoms with van der Waals surface area (Å²) in [6.07, 6.45) is 4.47. The van der Waals surface area contributed by atoms with Crippen LogP contribution in [0.5, 0.6) is 0 Å². The Morgan fingerprint density at radius 2 is 2.47 bits per heavy atom. The molecule has 1 aromatic rings. The van der Waals surface area contributed by atoms with Gasteiger partial charge in [-0.3, -0.25) is 4.79 Å². The van der Waals surface area contributed by atoms with Crippen molar-refractivity contribution in [1.29, 1.82) is 0 Å². The Bertz CT molecular complexity index is 384. The molecule has 1 N–H and O–H groups in total. The topological polar surface area (TPSA) is 53.7 Å². The van der Waals surface area contributed by atoms with Gasteiger partial charge in [0.1, 0.15) is 5.76 Å². The maximum absolute atomic E-state index is 12.2. The Morgan fingerprint density at radius 3 is 3.12 bits per heavy atom. The third-order valence-electron chi connectivity index (χ3n) is 3.43. The summed E-state index contributed by atoms with van der Waals surface area (Å²) in [5.74, 6) is 1.17. The van der Waals surface area contributed by atoms with Crippen LogP contribution >= 0.6 is 0 Å². The average molecular weight is 237 g/mol. The highest BCUT2D eigenvalue weighted by molar-refractivity contribution is 5.95. The Balaban J connectivity index is 2.02. The van der Waals surface area contributed by atoms with E-state index in [2.05, 4.69) is 0 Å². The van der Waals surface area contributed by atoms with Crippen molar-refractivity contribution in [3.63, 3.8) is 0 Å². The lowest BCUT2D eigenvalue weighted by molar-refractivity contribution is 0.0652. The Hall–Kier alpha value is -1.29. The fourth-order valence-electron chi connectivity index (χ4n) is 2.44. The van der Waals surface area contributed by atoms with Gasteiger partial charge in [-0.15, -0.1) is 0 Å². The molecule has 1 fully saturated rings. The zero-order valence-corrected chi connectivity index (χ0v) is 10.2. The summed E-state index contributed by atoms with van der Waals surface area (Å²) in [6, 6.07) is 1.73. The lowest BCUT2D eigenvalue weighted by atomic mass is 9.95. The van der Waals surface area contributed by atoms with Gasteiger partial charge in [-0.25, -0.2) is 0 Å². The molecule has 1 aromatic heterocycles. The first-order valence-electron chi connectivity index (χ1n) is 6.16. The van der Waals surface area contributed by atoms with Crippen molar-refractivity contribution in [2.75, 3.05) is 19.7 Å². The molecule has 0 radical (unpaired) electrons. The van der Waals surface area contributed by atoms with E-state index in [1.807, 2.05) is 11.8 Å². The summed E-state index contributed by atoms with van der Waals surface area (Å²) in [4.78, 5) is 14.1. The number of carbonyl (C=O) groups is 1. The molecule has 2 heterocycles. The van der Waals surface area contributed by atoms with Crippen LogP contribution in [0, 0.1) is 12.8 Å². The second kappa shape index (κ2) is 5.36. The number of nitrogens with zero attached hydrogens (tertiary/aromatic N) is 1. The fraction of sp³-hybridized carbons (Fsp3) is 0.615. The van der Waals surface area contributed by atoms with E-state index in [1.165, 1.54) is 0 Å². The lowest BCUT2D eigenvalue weighted by Gasteiger charge is -2.32. The third-order valence-corrected chi connectivity index (χ3v) is 3.43. The first-order chi connectivity index (χ1) is 8.22. The standard InChI is InChI=1S/C13H19NO3/c1-10-12(5-8-17-10)13(16)14-6-2-3-11(9-14)4-7-15/h5,8,11,15H,2-4,6-7,9H2,1H3. The van der Waals surface area contributed by atoms with Crippen molar-refractivity contribution in [1.82, 2.24) is 4.90 Å². The number of rotatable bonds is 3. The molecule has 1 saturated heterocycles. The zero-order chi connectivity index (χ0) is 12.3. The van der Waals surface area contributed by atoms with Crippen LogP contribution in [0.1, 0.15) is 35.4 Å². The number of aliphatic hydroxyl groups is 1. The molecule has 2 rings (SSSR count). The molecule has 4 heteroatoms. The summed E-state index contributed by atoms with van der Waals surface area (Å²) >= 11 is 0. The van der Waals surface area contributed by atoms with Crippen LogP contribution in [-0.4, -0.2) is 35.6 Å². The van der Waals surface area contributed by atoms with E-state index in [1.54, 1.807) is 12.3 Å². The van der Waals surface area contributed by atoms with Crippen LogP contribution < -0.4 is 0 Å². The first-order valence-corrected chi connectivity index (χ1v) is 6.16. The van der Waals surface area contributed by atoms with Gasteiger partial charge >= 0.3 is 0 Å². The molecule has 1 aliphatic rings. The van der Waals surface area contributed by atoms with Gasteiger partial charge in [-0.1, -0.05) is 0 Å². The number of piperidine rings is 1. The summed E-state index contributed by atoms with van der Waals surface area (Å²) in [6.45, 7) is 3.58. The molecule has 94 valence electrons. The number of hydrogen-bond acceptors (Lipinski definition) is 3. The molecule has 1 aliphatic heterocycles. The molecular weight excluding hydrogens is 218 g/mol. The van der Waals surface area contributed by atoms with Crippen LogP contribution in [0.15, 0.2) is 16.7 Å². The number of carbonyl (C=O) groups excluding carboxylic acids is 1. The van der Waals surface area contributed by atoms with Crippen molar-refractivity contribution in [3.05, 3.63) is 23.7 Å². The SMILES string of the molecule is Cc1occc1C(=O)N1CCCC(CCO)C1. The Labute approximate surface area is 101 Å². The van der Waals surface area contributed by atoms with Crippen molar-refractivity contribution in [2.24, 2.45) is 5.92 Å². The van der Waals surface area contributed by atoms with Crippen LogP contribution in [0.3, 0.4) is 0 Å². The lowest BCUT2D eigenvalue weighted by Crippen LogP contribution is -2.40. The number of aliphatic hydroxyl groups excluding tert-OH is 1. The minimum absolute atomic E-state index is 0.0545. The first kappa shape index (κ1) is 12.2. The van der Waals surface area contributed by atoms with E-state index in [4.69, 9.17) is 9.52 Å². The number of aryl methyl sites for hydroxylation is 1. The molecule has 0 saturated carbocycles. The summed E-state index contributed by atoms with van der Waals surface area (Å²) in [5, 5.41) is 8.95. The number of likely N-dealkylation sites (tertiary alicyclic amines) is 1. The van der Waals surface area contributed by atoms with Crippen LogP contribution in [-0.2, 0) is 0 Å². The molecule has 17 heavy (non-hydrogen) atoms. The van der Waals surface area contributed by atoms with Crippen LogP contribution in [0.25, 0.3) is 0 Å². The summed E-state index contributed by atoms with van der Waals surface area (Å²) in [7, 11) is 0. The van der Waals surface area contributed by atoms with E-state index in [0.29, 0.717) is 17.2 Å². The smallest absolute Gasteiger partial charge is 0.257 e. The van der Waals surface area contributed by atoms with E-state index in [9.17, 15) is 4.79 Å². The third kappa shape index (κ3) is 2.69. The van der Waals surface area contributed by atoms with E-state index in [-0.39, 0.29) is 12.5 Å². The van der Waals surface area contributed by atoms with Gasteiger partial charge in [0.2, 0.25) is 0 Å². The maximum atomic E-state index is 12.2. The molecule has 0 spiro atoms. The molecular formula is C13H19NO3. The van der Waals surface area contributed by atoms with Gasteiger partial charge in [0.05, 0.1) is 11.8 Å².